The van der Waals surface area contributed by atoms with Gasteiger partial charge in [0.2, 0.25) is 0 Å². The molecule has 20 heavy (non-hydrogen) atoms. The molecule has 1 aromatic heterocycles. The first-order valence-corrected chi connectivity index (χ1v) is 6.65. The standard InChI is InChI=1S/C12H14ClN3O4/c13-11-8(5-7(6-14-11)16(19)20)12(18)15-9-3-1-2-4-10(9)17/h5-6,9-10,17H,1-4H2,(H,15,18). The third-order valence-electron chi connectivity index (χ3n) is 3.33. The molecule has 7 nitrogen and oxygen atoms in total. The SMILES string of the molecule is O=C(NC1CCCCC1O)c1cc([N+](=O)[O-])cnc1Cl. The van der Waals surface area contributed by atoms with Crippen molar-refractivity contribution in [2.75, 3.05) is 0 Å². The molecule has 1 heterocycles. The first kappa shape index (κ1) is 14.7. The minimum atomic E-state index is -0.643. The molecular formula is C12H14ClN3O4. The fourth-order valence-electron chi connectivity index (χ4n) is 2.22. The van der Waals surface area contributed by atoms with Gasteiger partial charge in [-0.1, -0.05) is 24.4 Å². The van der Waals surface area contributed by atoms with Crippen LogP contribution in [0.25, 0.3) is 0 Å². The van der Waals surface area contributed by atoms with E-state index >= 15 is 0 Å². The first-order valence-electron chi connectivity index (χ1n) is 6.28. The molecule has 1 saturated carbocycles. The predicted molar refractivity (Wildman–Crippen MR) is 71.6 cm³/mol. The molecule has 2 N–H and O–H groups in total. The van der Waals surface area contributed by atoms with Gasteiger partial charge in [0.15, 0.2) is 0 Å². The van der Waals surface area contributed by atoms with Crippen LogP contribution in [-0.2, 0) is 0 Å². The molecule has 0 saturated heterocycles. The quantitative estimate of drug-likeness (QED) is 0.502. The van der Waals surface area contributed by atoms with Gasteiger partial charge in [0.05, 0.1) is 22.6 Å². The van der Waals surface area contributed by atoms with Crippen molar-refractivity contribution < 1.29 is 14.8 Å². The van der Waals surface area contributed by atoms with E-state index in [-0.39, 0.29) is 22.4 Å². The number of aliphatic hydroxyl groups is 1. The molecule has 108 valence electrons. The van der Waals surface area contributed by atoms with Gasteiger partial charge in [-0.25, -0.2) is 4.98 Å². The molecule has 0 radical (unpaired) electrons. The Balaban J connectivity index is 2.16. The Hall–Kier alpha value is -1.73. The Labute approximate surface area is 120 Å². The lowest BCUT2D eigenvalue weighted by Gasteiger charge is -2.28. The van der Waals surface area contributed by atoms with Gasteiger partial charge >= 0.3 is 0 Å². The lowest BCUT2D eigenvalue weighted by Crippen LogP contribution is -2.45. The number of carbonyl (C=O) groups is 1. The van der Waals surface area contributed by atoms with Crippen LogP contribution < -0.4 is 5.32 Å². The summed E-state index contributed by atoms with van der Waals surface area (Å²) in [5.74, 6) is -0.558. The van der Waals surface area contributed by atoms with Crippen LogP contribution >= 0.6 is 11.6 Å². The minimum Gasteiger partial charge on any atom is -0.391 e. The van der Waals surface area contributed by atoms with Crippen molar-refractivity contribution in [2.45, 2.75) is 37.8 Å². The first-order chi connectivity index (χ1) is 9.49. The third-order valence-corrected chi connectivity index (χ3v) is 3.63. The van der Waals surface area contributed by atoms with Crippen LogP contribution in [0.4, 0.5) is 5.69 Å². The number of nitro groups is 1. The summed E-state index contributed by atoms with van der Waals surface area (Å²) in [6, 6.07) is 0.728. The van der Waals surface area contributed by atoms with Gasteiger partial charge in [0, 0.05) is 6.07 Å². The van der Waals surface area contributed by atoms with Crippen molar-refractivity contribution in [3.05, 3.63) is 33.1 Å². The van der Waals surface area contributed by atoms with E-state index in [1.54, 1.807) is 0 Å². The van der Waals surface area contributed by atoms with Crippen molar-refractivity contribution >= 4 is 23.2 Å². The lowest BCUT2D eigenvalue weighted by atomic mass is 9.92. The molecule has 2 rings (SSSR count). The number of carbonyl (C=O) groups excluding carboxylic acids is 1. The highest BCUT2D eigenvalue weighted by Crippen LogP contribution is 2.22. The van der Waals surface area contributed by atoms with Crippen molar-refractivity contribution in [3.63, 3.8) is 0 Å². The average Bonchev–Trinajstić information content (AvgIpc) is 2.41. The van der Waals surface area contributed by atoms with Crippen LogP contribution in [0.3, 0.4) is 0 Å². The van der Waals surface area contributed by atoms with E-state index in [9.17, 15) is 20.0 Å². The zero-order valence-corrected chi connectivity index (χ0v) is 11.3. The van der Waals surface area contributed by atoms with Gasteiger partial charge in [-0.15, -0.1) is 0 Å². The topological polar surface area (TPSA) is 105 Å². The molecule has 8 heteroatoms. The number of nitrogens with zero attached hydrogens (tertiary/aromatic N) is 2. The number of rotatable bonds is 3. The zero-order valence-electron chi connectivity index (χ0n) is 10.6. The number of aromatic nitrogens is 1. The zero-order chi connectivity index (χ0) is 14.7. The molecule has 0 aromatic carbocycles. The second-order valence-corrected chi connectivity index (χ2v) is 5.08. The van der Waals surface area contributed by atoms with Crippen LogP contribution in [0.2, 0.25) is 5.15 Å². The van der Waals surface area contributed by atoms with Gasteiger partial charge in [0.1, 0.15) is 11.3 Å². The van der Waals surface area contributed by atoms with E-state index in [4.69, 9.17) is 11.6 Å². The summed E-state index contributed by atoms with van der Waals surface area (Å²) in [7, 11) is 0. The van der Waals surface area contributed by atoms with E-state index in [1.807, 2.05) is 0 Å². The largest absolute Gasteiger partial charge is 0.391 e. The number of amides is 1. The van der Waals surface area contributed by atoms with E-state index < -0.39 is 16.9 Å². The fourth-order valence-corrected chi connectivity index (χ4v) is 2.41. The summed E-state index contributed by atoms with van der Waals surface area (Å²) in [6.45, 7) is 0. The number of halogens is 1. The van der Waals surface area contributed by atoms with E-state index in [2.05, 4.69) is 10.3 Å². The Morgan fingerprint density at radius 3 is 2.85 bits per heavy atom. The maximum atomic E-state index is 12.1. The number of aliphatic hydroxyl groups excluding tert-OH is 1. The summed E-state index contributed by atoms with van der Waals surface area (Å²) in [6.07, 6.45) is 3.54. The van der Waals surface area contributed by atoms with Crippen molar-refractivity contribution in [1.29, 1.82) is 0 Å². The number of hydrogen-bond acceptors (Lipinski definition) is 5. The van der Waals surface area contributed by atoms with Gasteiger partial charge < -0.3 is 10.4 Å². The highest BCUT2D eigenvalue weighted by molar-refractivity contribution is 6.32. The monoisotopic (exact) mass is 299 g/mol. The van der Waals surface area contributed by atoms with Crippen LogP contribution in [-0.4, -0.2) is 33.1 Å². The van der Waals surface area contributed by atoms with Crippen LogP contribution in [0.1, 0.15) is 36.0 Å². The molecule has 1 amide bonds. The fraction of sp³-hybridized carbons (Fsp3) is 0.500. The number of pyridine rings is 1. The summed E-state index contributed by atoms with van der Waals surface area (Å²) < 4.78 is 0. The molecule has 2 unspecified atom stereocenters. The molecule has 1 aromatic rings. The maximum Gasteiger partial charge on any atom is 0.288 e. The van der Waals surface area contributed by atoms with E-state index in [0.717, 1.165) is 25.1 Å². The van der Waals surface area contributed by atoms with Gasteiger partial charge in [-0.3, -0.25) is 14.9 Å². The van der Waals surface area contributed by atoms with Gasteiger partial charge in [0.25, 0.3) is 11.6 Å². The number of hydrogen-bond donors (Lipinski definition) is 2. The van der Waals surface area contributed by atoms with Crippen molar-refractivity contribution in [2.24, 2.45) is 0 Å². The molecular weight excluding hydrogens is 286 g/mol. The molecule has 0 aliphatic heterocycles. The van der Waals surface area contributed by atoms with Crippen LogP contribution in [0, 0.1) is 10.1 Å². The normalized spacial score (nSPS) is 22.3. The van der Waals surface area contributed by atoms with E-state index in [0.29, 0.717) is 12.8 Å². The van der Waals surface area contributed by atoms with E-state index in [1.165, 1.54) is 0 Å². The summed E-state index contributed by atoms with van der Waals surface area (Å²) in [4.78, 5) is 25.8. The Kier molecular flexibility index (Phi) is 4.51. The third kappa shape index (κ3) is 3.23. The molecule has 0 spiro atoms. The second kappa shape index (κ2) is 6.15. The van der Waals surface area contributed by atoms with Crippen molar-refractivity contribution in [3.8, 4) is 0 Å². The van der Waals surface area contributed by atoms with Gasteiger partial charge in [-0.05, 0) is 12.8 Å². The predicted octanol–water partition coefficient (Wildman–Crippen LogP) is 1.68. The summed E-state index contributed by atoms with van der Waals surface area (Å²) in [5, 5.41) is 23.0. The Morgan fingerprint density at radius 2 is 2.20 bits per heavy atom. The molecule has 0 bridgehead atoms. The average molecular weight is 300 g/mol. The lowest BCUT2D eigenvalue weighted by molar-refractivity contribution is -0.385. The molecule has 1 aliphatic carbocycles. The second-order valence-electron chi connectivity index (χ2n) is 4.72. The van der Waals surface area contributed by atoms with Crippen LogP contribution in [0.5, 0.6) is 0 Å². The Morgan fingerprint density at radius 1 is 1.50 bits per heavy atom. The molecule has 1 fully saturated rings. The summed E-state index contributed by atoms with van der Waals surface area (Å²) in [5.41, 5.74) is -0.359. The number of nitrogens with one attached hydrogen (secondary N) is 1. The molecule has 1 aliphatic rings. The smallest absolute Gasteiger partial charge is 0.288 e. The highest BCUT2D eigenvalue weighted by Gasteiger charge is 2.26. The minimum absolute atomic E-state index is 0.0568. The summed E-state index contributed by atoms with van der Waals surface area (Å²) >= 11 is 5.79. The van der Waals surface area contributed by atoms with Crippen LogP contribution in [0.15, 0.2) is 12.3 Å². The maximum absolute atomic E-state index is 12.1. The van der Waals surface area contributed by atoms with Crippen molar-refractivity contribution in [1.82, 2.24) is 10.3 Å². The molecule has 2 atom stereocenters. The van der Waals surface area contributed by atoms with Gasteiger partial charge in [-0.2, -0.15) is 0 Å². The highest BCUT2D eigenvalue weighted by atomic mass is 35.5. The Bertz CT molecular complexity index is 537.